The van der Waals surface area contributed by atoms with Gasteiger partial charge in [-0.3, -0.25) is 9.59 Å². The number of hydrogen-bond acceptors (Lipinski definition) is 12. The van der Waals surface area contributed by atoms with Crippen molar-refractivity contribution in [2.24, 2.45) is 16.7 Å². The topological polar surface area (TPSA) is 189 Å². The van der Waals surface area contributed by atoms with Crippen molar-refractivity contribution in [3.8, 4) is 5.75 Å². The standard InChI is InChI=1S/C32H40O12/c1-17-13-32(15-29(3,16-34)27(39)26(32)30(4,40)31(17)11-12-31)44-28-25(41-18(2)35)23(38)24(21(14-33)42-28)43-22(37)10-7-19-5-8-20(36)9-6-19/h5-10,13,21,23-26,28,33-34,36,38,40H,11-12,14-16H2,1-4H3/b10-7+/t21-,23+,24-,25-,26-,28+,29+,30-,32+/m1/s1. The van der Waals surface area contributed by atoms with Crippen LogP contribution < -0.4 is 0 Å². The summed E-state index contributed by atoms with van der Waals surface area (Å²) in [7, 11) is 0. The van der Waals surface area contributed by atoms with E-state index in [1.807, 2.05) is 6.92 Å². The number of phenolic OH excluding ortho intramolecular Hbond substituents is 1. The molecule has 9 atom stereocenters. The van der Waals surface area contributed by atoms with Crippen LogP contribution in [0.1, 0.15) is 52.5 Å². The van der Waals surface area contributed by atoms with E-state index < -0.39 is 83.8 Å². The van der Waals surface area contributed by atoms with Crippen LogP contribution in [0.3, 0.4) is 0 Å². The molecule has 0 aromatic heterocycles. The van der Waals surface area contributed by atoms with E-state index in [0.29, 0.717) is 18.4 Å². The summed E-state index contributed by atoms with van der Waals surface area (Å²) in [6.07, 6.45) is -2.04. The number of aliphatic hydroxyl groups is 4. The average molecular weight is 617 g/mol. The number of carbonyl (C=O) groups is 3. The number of esters is 2. The van der Waals surface area contributed by atoms with Crippen molar-refractivity contribution in [2.45, 2.75) is 88.9 Å². The lowest BCUT2D eigenvalue weighted by Crippen LogP contribution is -2.65. The van der Waals surface area contributed by atoms with E-state index in [9.17, 15) is 39.9 Å². The second-order valence-corrected chi connectivity index (χ2v) is 12.9. The molecule has 3 fully saturated rings. The molecule has 12 heteroatoms. The number of aromatic hydroxyl groups is 1. The smallest absolute Gasteiger partial charge is 0.331 e. The Bertz CT molecular complexity index is 1360. The number of phenols is 1. The van der Waals surface area contributed by atoms with Crippen molar-refractivity contribution >= 4 is 23.8 Å². The Morgan fingerprint density at radius 2 is 1.75 bits per heavy atom. The van der Waals surface area contributed by atoms with Crippen LogP contribution in [-0.2, 0) is 33.3 Å². The van der Waals surface area contributed by atoms with Crippen molar-refractivity contribution < 1.29 is 58.9 Å². The summed E-state index contributed by atoms with van der Waals surface area (Å²) < 4.78 is 23.4. The van der Waals surface area contributed by atoms with Gasteiger partial charge >= 0.3 is 11.9 Å². The Hall–Kier alpha value is -3.13. The second kappa shape index (κ2) is 11.3. The third-order valence-electron chi connectivity index (χ3n) is 9.85. The summed E-state index contributed by atoms with van der Waals surface area (Å²) >= 11 is 0. The van der Waals surface area contributed by atoms with Gasteiger partial charge in [-0.25, -0.2) is 4.79 Å². The zero-order valence-corrected chi connectivity index (χ0v) is 25.1. The minimum atomic E-state index is -1.72. The van der Waals surface area contributed by atoms with Crippen molar-refractivity contribution in [2.75, 3.05) is 13.2 Å². The van der Waals surface area contributed by atoms with Crippen LogP contribution in [0.4, 0.5) is 0 Å². The van der Waals surface area contributed by atoms with E-state index in [-0.39, 0.29) is 18.0 Å². The van der Waals surface area contributed by atoms with Gasteiger partial charge in [0, 0.05) is 18.4 Å². The highest BCUT2D eigenvalue weighted by Gasteiger charge is 2.74. The van der Waals surface area contributed by atoms with E-state index in [0.717, 1.165) is 18.6 Å². The molecule has 5 rings (SSSR count). The molecule has 1 aromatic carbocycles. The highest BCUT2D eigenvalue weighted by Crippen LogP contribution is 2.69. The summed E-state index contributed by atoms with van der Waals surface area (Å²) in [5.41, 5.74) is -3.56. The van der Waals surface area contributed by atoms with Gasteiger partial charge in [0.05, 0.1) is 30.1 Å². The van der Waals surface area contributed by atoms with Gasteiger partial charge in [0.1, 0.15) is 29.3 Å². The summed E-state index contributed by atoms with van der Waals surface area (Å²) in [4.78, 5) is 38.7. The predicted octanol–water partition coefficient (Wildman–Crippen LogP) is 1.16. The summed E-state index contributed by atoms with van der Waals surface area (Å²) in [6, 6.07) is 6.01. The van der Waals surface area contributed by atoms with Crippen LogP contribution in [0.15, 0.2) is 42.0 Å². The van der Waals surface area contributed by atoms with Gasteiger partial charge < -0.3 is 44.5 Å². The first-order valence-electron chi connectivity index (χ1n) is 14.7. The maximum atomic E-state index is 13.9. The van der Waals surface area contributed by atoms with Gasteiger partial charge in [0.25, 0.3) is 0 Å². The van der Waals surface area contributed by atoms with E-state index >= 15 is 0 Å². The SMILES string of the molecule is CC(=O)O[C@H]1[C@H](O[C@]23C=C(C)C4(CC4)[C@](C)(O)[C@H]2C(=O)[C@](C)(CO)C3)O[C@H](CO)[C@@H](OC(=O)/C=C/c2ccc(O)cc2)[C@@H]1O. The maximum Gasteiger partial charge on any atom is 0.331 e. The van der Waals surface area contributed by atoms with Gasteiger partial charge in [-0.15, -0.1) is 0 Å². The van der Waals surface area contributed by atoms with Gasteiger partial charge in [-0.05, 0) is 56.9 Å². The Labute approximate surface area is 254 Å². The summed E-state index contributed by atoms with van der Waals surface area (Å²) in [6.45, 7) is 4.93. The number of carbonyl (C=O) groups excluding carboxylic acids is 3. The molecule has 3 aliphatic carbocycles. The molecule has 2 saturated carbocycles. The Balaban J connectivity index is 1.45. The lowest BCUT2D eigenvalue weighted by molar-refractivity contribution is -0.332. The van der Waals surface area contributed by atoms with Gasteiger partial charge in [0.2, 0.25) is 0 Å². The minimum absolute atomic E-state index is 0.0312. The lowest BCUT2D eigenvalue weighted by atomic mass is 9.61. The highest BCUT2D eigenvalue weighted by atomic mass is 16.7. The minimum Gasteiger partial charge on any atom is -0.508 e. The first kappa shape index (κ1) is 32.3. The maximum absolute atomic E-state index is 13.9. The summed E-state index contributed by atoms with van der Waals surface area (Å²) in [5, 5.41) is 53.2. The normalized spacial score (nSPS) is 39.2. The largest absolute Gasteiger partial charge is 0.508 e. The molecule has 4 aliphatic rings. The summed E-state index contributed by atoms with van der Waals surface area (Å²) in [5.74, 6) is -3.14. The fraction of sp³-hybridized carbons (Fsp3) is 0.594. The molecular formula is C32H40O12. The average Bonchev–Trinajstić information content (AvgIpc) is 3.74. The quantitative estimate of drug-likeness (QED) is 0.159. The lowest BCUT2D eigenvalue weighted by Gasteiger charge is -2.52. The number of rotatable bonds is 8. The number of Topliss-reactive ketones (excluding diaryl/α,β-unsaturated/α-hetero) is 1. The molecule has 0 radical (unpaired) electrons. The molecule has 1 aliphatic heterocycles. The van der Waals surface area contributed by atoms with Gasteiger partial charge in [0.15, 0.2) is 18.5 Å². The number of hydrogen-bond donors (Lipinski definition) is 5. The molecule has 44 heavy (non-hydrogen) atoms. The number of ketones is 1. The first-order valence-corrected chi connectivity index (χ1v) is 14.7. The number of ether oxygens (including phenoxy) is 4. The van der Waals surface area contributed by atoms with Crippen molar-refractivity contribution in [3.05, 3.63) is 47.6 Å². The van der Waals surface area contributed by atoms with Gasteiger partial charge in [-0.2, -0.15) is 0 Å². The van der Waals surface area contributed by atoms with E-state index in [1.165, 1.54) is 18.2 Å². The van der Waals surface area contributed by atoms with Gasteiger partial charge in [-0.1, -0.05) is 30.7 Å². The fourth-order valence-corrected chi connectivity index (χ4v) is 7.46. The van der Waals surface area contributed by atoms with Crippen LogP contribution in [0.2, 0.25) is 0 Å². The molecule has 0 bridgehead atoms. The molecule has 0 amide bonds. The molecule has 240 valence electrons. The molecule has 1 aromatic rings. The van der Waals surface area contributed by atoms with Crippen molar-refractivity contribution in [1.29, 1.82) is 0 Å². The predicted molar refractivity (Wildman–Crippen MR) is 152 cm³/mol. The highest BCUT2D eigenvalue weighted by molar-refractivity contribution is 5.93. The molecular weight excluding hydrogens is 576 g/mol. The number of fused-ring (bicyclic) bond motifs is 1. The zero-order valence-electron chi connectivity index (χ0n) is 25.1. The van der Waals surface area contributed by atoms with Crippen LogP contribution in [0.25, 0.3) is 6.08 Å². The van der Waals surface area contributed by atoms with Crippen molar-refractivity contribution in [1.82, 2.24) is 0 Å². The monoisotopic (exact) mass is 616 g/mol. The Morgan fingerprint density at radius 3 is 2.32 bits per heavy atom. The molecule has 12 nitrogen and oxygen atoms in total. The Kier molecular flexibility index (Phi) is 8.32. The molecule has 1 saturated heterocycles. The van der Waals surface area contributed by atoms with E-state index in [4.69, 9.17) is 18.9 Å². The van der Waals surface area contributed by atoms with Crippen LogP contribution in [0.5, 0.6) is 5.75 Å². The third-order valence-corrected chi connectivity index (χ3v) is 9.85. The molecule has 0 unspecified atom stereocenters. The zero-order chi connectivity index (χ0) is 32.2. The molecule has 1 heterocycles. The van der Waals surface area contributed by atoms with Crippen LogP contribution in [-0.4, -0.2) is 98.4 Å². The van der Waals surface area contributed by atoms with E-state index in [1.54, 1.807) is 32.1 Å². The Morgan fingerprint density at radius 1 is 1.09 bits per heavy atom. The van der Waals surface area contributed by atoms with Crippen LogP contribution in [0, 0.1) is 16.7 Å². The molecule has 5 N–H and O–H groups in total. The van der Waals surface area contributed by atoms with Crippen LogP contribution >= 0.6 is 0 Å². The van der Waals surface area contributed by atoms with Crippen molar-refractivity contribution in [3.63, 3.8) is 0 Å². The molecule has 1 spiro atoms. The third kappa shape index (κ3) is 5.27. The van der Waals surface area contributed by atoms with E-state index in [2.05, 4.69) is 0 Å². The second-order valence-electron chi connectivity index (χ2n) is 12.9. The number of benzene rings is 1. The first-order chi connectivity index (χ1) is 20.6. The number of aliphatic hydroxyl groups excluding tert-OH is 3. The fourth-order valence-electron chi connectivity index (χ4n) is 7.46.